The quantitative estimate of drug-likeness (QED) is 0.381. The van der Waals surface area contributed by atoms with Crippen molar-refractivity contribution in [2.45, 2.75) is 39.5 Å². The van der Waals surface area contributed by atoms with E-state index in [0.29, 0.717) is 12.1 Å². The maximum atomic E-state index is 13.5. The summed E-state index contributed by atoms with van der Waals surface area (Å²) < 4.78 is 1.13. The third kappa shape index (κ3) is 5.05. The van der Waals surface area contributed by atoms with Crippen LogP contribution in [-0.2, 0) is 0 Å². The largest absolute Gasteiger partial charge is 0.302 e. The van der Waals surface area contributed by atoms with Crippen molar-refractivity contribution in [3.8, 4) is 0 Å². The van der Waals surface area contributed by atoms with E-state index in [-0.39, 0.29) is 5.91 Å². The summed E-state index contributed by atoms with van der Waals surface area (Å²) in [6.45, 7) is 14.1. The average Bonchev–Trinajstić information content (AvgIpc) is 3.19. The van der Waals surface area contributed by atoms with Crippen molar-refractivity contribution in [2.24, 2.45) is 0 Å². The van der Waals surface area contributed by atoms with Gasteiger partial charge in [0.2, 0.25) is 0 Å². The molecule has 0 radical (unpaired) electrons. The summed E-state index contributed by atoms with van der Waals surface area (Å²) >= 11 is 3.39. The zero-order valence-electron chi connectivity index (χ0n) is 18.6. The number of hydrogen-bond donors (Lipinski definition) is 0. The second-order valence-corrected chi connectivity index (χ2v) is 9.64. The Morgan fingerprint density at radius 2 is 1.70 bits per heavy atom. The Hall–Kier alpha value is -1.89. The highest BCUT2D eigenvalue weighted by molar-refractivity contribution is 7.99. The summed E-state index contributed by atoms with van der Waals surface area (Å²) in [7, 11) is 0. The van der Waals surface area contributed by atoms with E-state index in [1.165, 1.54) is 16.0 Å². The van der Waals surface area contributed by atoms with Crippen LogP contribution in [0.4, 0.5) is 5.13 Å². The van der Waals surface area contributed by atoms with Gasteiger partial charge in [-0.15, -0.1) is 11.8 Å². The molecule has 3 aromatic rings. The summed E-state index contributed by atoms with van der Waals surface area (Å²) in [5.41, 5.74) is 4.13. The Labute approximate surface area is 188 Å². The van der Waals surface area contributed by atoms with Crippen LogP contribution in [0, 0.1) is 13.8 Å². The number of carbonyl (C=O) groups excluding carboxylic acids is 1. The Morgan fingerprint density at radius 3 is 2.33 bits per heavy atom. The van der Waals surface area contributed by atoms with Crippen LogP contribution in [0.5, 0.6) is 0 Å². The number of anilines is 1. The van der Waals surface area contributed by atoms with E-state index in [4.69, 9.17) is 4.98 Å². The maximum Gasteiger partial charge on any atom is 0.260 e. The molecule has 1 heterocycles. The third-order valence-corrected chi connectivity index (χ3v) is 7.43. The van der Waals surface area contributed by atoms with Crippen molar-refractivity contribution in [3.63, 3.8) is 0 Å². The van der Waals surface area contributed by atoms with Crippen LogP contribution in [0.25, 0.3) is 10.2 Å². The zero-order valence-corrected chi connectivity index (χ0v) is 20.2. The van der Waals surface area contributed by atoms with E-state index in [9.17, 15) is 4.79 Å². The van der Waals surface area contributed by atoms with Crippen LogP contribution in [-0.4, -0.2) is 47.7 Å². The van der Waals surface area contributed by atoms with Crippen LogP contribution in [0.1, 0.15) is 42.3 Å². The molecule has 4 nitrogen and oxygen atoms in total. The molecular weight excluding hydrogens is 410 g/mol. The van der Waals surface area contributed by atoms with Crippen LogP contribution in [0.3, 0.4) is 0 Å². The Morgan fingerprint density at radius 1 is 1.00 bits per heavy atom. The summed E-state index contributed by atoms with van der Waals surface area (Å²) in [6.07, 6.45) is 0. The molecule has 6 heteroatoms. The minimum Gasteiger partial charge on any atom is -0.302 e. The number of carbonyl (C=O) groups is 1. The number of fused-ring (bicyclic) bond motifs is 1. The van der Waals surface area contributed by atoms with Gasteiger partial charge in [0.1, 0.15) is 0 Å². The summed E-state index contributed by atoms with van der Waals surface area (Å²) in [4.78, 5) is 23.8. The first-order chi connectivity index (χ1) is 14.5. The van der Waals surface area contributed by atoms with Gasteiger partial charge in [-0.2, -0.15) is 0 Å². The maximum absolute atomic E-state index is 13.5. The van der Waals surface area contributed by atoms with Gasteiger partial charge in [-0.3, -0.25) is 9.69 Å². The van der Waals surface area contributed by atoms with Crippen LogP contribution in [0.15, 0.2) is 41.3 Å². The van der Waals surface area contributed by atoms with Gasteiger partial charge < -0.3 is 4.90 Å². The average molecular weight is 442 g/mol. The molecule has 0 N–H and O–H groups in total. The van der Waals surface area contributed by atoms with Gasteiger partial charge in [-0.1, -0.05) is 38.2 Å². The SMILES string of the molecule is CCSc1ccc(C(=O)N(CCN(CC)CC)c2nc3c(C)c(C)ccc3s2)cc1. The number of likely N-dealkylation sites (N-methyl/N-ethyl adjacent to an activating group) is 1. The number of rotatable bonds is 9. The lowest BCUT2D eigenvalue weighted by Gasteiger charge is -2.24. The molecule has 0 fully saturated rings. The highest BCUT2D eigenvalue weighted by Gasteiger charge is 2.22. The smallest absolute Gasteiger partial charge is 0.260 e. The second kappa shape index (κ2) is 10.4. The molecule has 2 aromatic carbocycles. The number of nitrogens with zero attached hydrogens (tertiary/aromatic N) is 3. The second-order valence-electron chi connectivity index (χ2n) is 7.29. The molecule has 0 saturated carbocycles. The van der Waals surface area contributed by atoms with Gasteiger partial charge in [0.25, 0.3) is 5.91 Å². The summed E-state index contributed by atoms with van der Waals surface area (Å²) in [6, 6.07) is 12.2. The number of benzene rings is 2. The molecule has 160 valence electrons. The first kappa shape index (κ1) is 22.8. The van der Waals surface area contributed by atoms with Crippen molar-refractivity contribution in [1.29, 1.82) is 0 Å². The molecule has 1 aromatic heterocycles. The highest BCUT2D eigenvalue weighted by atomic mass is 32.2. The lowest BCUT2D eigenvalue weighted by atomic mass is 10.1. The summed E-state index contributed by atoms with van der Waals surface area (Å²) in [5.74, 6) is 1.04. The van der Waals surface area contributed by atoms with Gasteiger partial charge >= 0.3 is 0 Å². The van der Waals surface area contributed by atoms with E-state index in [1.807, 2.05) is 29.2 Å². The minimum atomic E-state index is 0.0173. The van der Waals surface area contributed by atoms with Gasteiger partial charge in [0, 0.05) is 23.5 Å². The Balaban J connectivity index is 1.95. The number of thioether (sulfide) groups is 1. The molecule has 30 heavy (non-hydrogen) atoms. The van der Waals surface area contributed by atoms with Crippen LogP contribution in [0.2, 0.25) is 0 Å². The predicted molar refractivity (Wildman–Crippen MR) is 131 cm³/mol. The molecule has 0 aliphatic rings. The van der Waals surface area contributed by atoms with Gasteiger partial charge in [-0.25, -0.2) is 4.98 Å². The first-order valence-corrected chi connectivity index (χ1v) is 12.4. The van der Waals surface area contributed by atoms with Crippen molar-refractivity contribution in [2.75, 3.05) is 36.8 Å². The first-order valence-electron chi connectivity index (χ1n) is 10.6. The number of amides is 1. The molecular formula is C24H31N3OS2. The number of aryl methyl sites for hydroxylation is 2. The molecule has 0 atom stereocenters. The fraction of sp³-hybridized carbons (Fsp3) is 0.417. The number of aromatic nitrogens is 1. The van der Waals surface area contributed by atoms with E-state index in [1.54, 1.807) is 23.1 Å². The predicted octanol–water partition coefficient (Wildman–Crippen LogP) is 6.01. The molecule has 0 saturated heterocycles. The third-order valence-electron chi connectivity index (χ3n) is 5.50. The molecule has 0 bridgehead atoms. The highest BCUT2D eigenvalue weighted by Crippen LogP contribution is 2.32. The van der Waals surface area contributed by atoms with Gasteiger partial charge in [0.15, 0.2) is 5.13 Å². The minimum absolute atomic E-state index is 0.0173. The van der Waals surface area contributed by atoms with E-state index < -0.39 is 0 Å². The van der Waals surface area contributed by atoms with Crippen LogP contribution >= 0.6 is 23.1 Å². The fourth-order valence-electron chi connectivity index (χ4n) is 3.41. The van der Waals surface area contributed by atoms with Gasteiger partial charge in [-0.05, 0) is 74.1 Å². The fourth-order valence-corrected chi connectivity index (χ4v) is 5.12. The monoisotopic (exact) mass is 441 g/mol. The Bertz CT molecular complexity index is 994. The lowest BCUT2D eigenvalue weighted by Crippen LogP contribution is -2.38. The zero-order chi connectivity index (χ0) is 21.7. The van der Waals surface area contributed by atoms with E-state index in [2.05, 4.69) is 51.7 Å². The van der Waals surface area contributed by atoms with Crippen LogP contribution < -0.4 is 4.90 Å². The number of hydrogen-bond acceptors (Lipinski definition) is 5. The summed E-state index contributed by atoms with van der Waals surface area (Å²) in [5, 5.41) is 0.780. The van der Waals surface area contributed by atoms with Crippen molar-refractivity contribution in [3.05, 3.63) is 53.1 Å². The number of thiazole rings is 1. The molecule has 0 aliphatic heterocycles. The van der Waals surface area contributed by atoms with E-state index in [0.717, 1.165) is 40.7 Å². The normalized spacial score (nSPS) is 11.4. The van der Waals surface area contributed by atoms with Crippen molar-refractivity contribution in [1.82, 2.24) is 9.88 Å². The molecule has 1 amide bonds. The topological polar surface area (TPSA) is 36.4 Å². The van der Waals surface area contributed by atoms with E-state index >= 15 is 0 Å². The Kier molecular flexibility index (Phi) is 7.92. The van der Waals surface area contributed by atoms with Crippen molar-refractivity contribution >= 4 is 44.4 Å². The van der Waals surface area contributed by atoms with Crippen molar-refractivity contribution < 1.29 is 4.79 Å². The molecule has 0 aliphatic carbocycles. The van der Waals surface area contributed by atoms with Gasteiger partial charge in [0.05, 0.1) is 10.2 Å². The lowest BCUT2D eigenvalue weighted by molar-refractivity contribution is 0.0983. The molecule has 3 rings (SSSR count). The molecule has 0 spiro atoms. The standard InChI is InChI=1S/C24H31N3OS2/c1-6-26(7-2)15-16-27(23(28)19-10-12-20(13-11-19)29-8-3)24-25-22-18(5)17(4)9-14-21(22)30-24/h9-14H,6-8,15-16H2,1-5H3. The molecule has 0 unspecified atom stereocenters.